The lowest BCUT2D eigenvalue weighted by molar-refractivity contribution is 0.669. The molecule has 0 unspecified atom stereocenters. The molecule has 47 heavy (non-hydrogen) atoms. The number of furan rings is 1. The molecule has 0 bridgehead atoms. The molecule has 6 nitrogen and oxygen atoms in total. The van der Waals surface area contributed by atoms with Gasteiger partial charge in [-0.3, -0.25) is 9.13 Å². The highest BCUT2D eigenvalue weighted by molar-refractivity contribution is 6.11. The lowest BCUT2D eigenvalue weighted by Gasteiger charge is -2.10. The average Bonchev–Trinajstić information content (AvgIpc) is 3.59. The van der Waals surface area contributed by atoms with Gasteiger partial charge in [0.25, 0.3) is 0 Å². The van der Waals surface area contributed by atoms with Crippen LogP contribution in [0.25, 0.3) is 88.8 Å². The molecule has 224 valence electrons. The smallest absolute Gasteiger partial charge is 0.328 e. The third-order valence-corrected chi connectivity index (χ3v) is 9.18. The zero-order chi connectivity index (χ0) is 31.6. The number of rotatable bonds is 4. The molecule has 3 aromatic heterocycles. The van der Waals surface area contributed by atoms with E-state index in [1.165, 1.54) is 5.39 Å². The van der Waals surface area contributed by atoms with Crippen molar-refractivity contribution in [1.82, 2.24) is 19.1 Å². The van der Waals surface area contributed by atoms with Crippen molar-refractivity contribution in [3.63, 3.8) is 0 Å². The van der Waals surface area contributed by atoms with Crippen molar-refractivity contribution >= 4 is 43.7 Å². The maximum atomic E-state index is 12.5. The Kier molecular flexibility index (Phi) is 5.99. The molecule has 0 aliphatic heterocycles. The van der Waals surface area contributed by atoms with Gasteiger partial charge in [0.15, 0.2) is 5.82 Å². The lowest BCUT2D eigenvalue weighted by Crippen LogP contribution is -2.19. The van der Waals surface area contributed by atoms with E-state index in [0.29, 0.717) is 5.82 Å². The van der Waals surface area contributed by atoms with Crippen LogP contribution in [0, 0.1) is 0 Å². The molecule has 0 aliphatic rings. The monoisotopic (exact) mass is 608 g/mol. The largest absolute Gasteiger partial charge is 0.456 e. The van der Waals surface area contributed by atoms with Crippen LogP contribution in [-0.2, 0) is 14.1 Å². The van der Waals surface area contributed by atoms with Gasteiger partial charge in [-0.1, -0.05) is 84.9 Å². The highest BCUT2D eigenvalue weighted by Crippen LogP contribution is 2.36. The number of imidazole rings is 1. The van der Waals surface area contributed by atoms with Crippen molar-refractivity contribution in [2.75, 3.05) is 0 Å². The van der Waals surface area contributed by atoms with Gasteiger partial charge < -0.3 is 4.42 Å². The second kappa shape index (κ2) is 10.4. The molecule has 0 radical (unpaired) electrons. The summed E-state index contributed by atoms with van der Waals surface area (Å²) < 4.78 is 9.63. The molecule has 0 aliphatic carbocycles. The molecule has 0 amide bonds. The summed E-state index contributed by atoms with van der Waals surface area (Å²) in [7, 11) is 3.61. The SMILES string of the molecule is Cn1c(=O)n(C)c2cc(-c3ccc(-c4cc(-c5ccc6oc7cc8ccccc8cc7c6c5)nc(-c5ccccc5)n4)cc3)ccc21. The number of hydrogen-bond acceptors (Lipinski definition) is 4. The molecule has 0 N–H and O–H groups in total. The quantitative estimate of drug-likeness (QED) is 0.200. The van der Waals surface area contributed by atoms with Crippen molar-refractivity contribution < 1.29 is 4.42 Å². The highest BCUT2D eigenvalue weighted by atomic mass is 16.3. The number of aryl methyl sites for hydroxylation is 2. The van der Waals surface area contributed by atoms with Gasteiger partial charge in [0.2, 0.25) is 0 Å². The van der Waals surface area contributed by atoms with Crippen LogP contribution < -0.4 is 5.69 Å². The van der Waals surface area contributed by atoms with Crippen molar-refractivity contribution in [2.45, 2.75) is 0 Å². The van der Waals surface area contributed by atoms with Crippen LogP contribution >= 0.6 is 0 Å². The summed E-state index contributed by atoms with van der Waals surface area (Å²) >= 11 is 0. The Morgan fingerprint density at radius 2 is 1.11 bits per heavy atom. The Morgan fingerprint density at radius 1 is 0.489 bits per heavy atom. The van der Waals surface area contributed by atoms with E-state index in [1.807, 2.05) is 55.6 Å². The summed E-state index contributed by atoms with van der Waals surface area (Å²) in [5.41, 5.74) is 10.2. The fraction of sp³-hybridized carbons (Fsp3) is 0.0488. The number of benzene rings is 6. The molecule has 0 fully saturated rings. The fourth-order valence-electron chi connectivity index (χ4n) is 6.60. The second-order valence-corrected chi connectivity index (χ2v) is 12.0. The van der Waals surface area contributed by atoms with Crippen molar-refractivity contribution in [3.8, 4) is 45.0 Å². The van der Waals surface area contributed by atoms with Crippen LogP contribution in [0.5, 0.6) is 0 Å². The summed E-state index contributed by atoms with van der Waals surface area (Å²) in [6, 6.07) is 45.7. The van der Waals surface area contributed by atoms with Gasteiger partial charge >= 0.3 is 5.69 Å². The van der Waals surface area contributed by atoms with Gasteiger partial charge in [-0.2, -0.15) is 0 Å². The van der Waals surface area contributed by atoms with Crippen LogP contribution in [0.3, 0.4) is 0 Å². The van der Waals surface area contributed by atoms with Gasteiger partial charge in [0.05, 0.1) is 22.4 Å². The third kappa shape index (κ3) is 4.45. The number of fused-ring (bicyclic) bond motifs is 5. The molecule has 3 heterocycles. The second-order valence-electron chi connectivity index (χ2n) is 12.0. The zero-order valence-corrected chi connectivity index (χ0v) is 25.8. The van der Waals surface area contributed by atoms with Gasteiger partial charge in [0.1, 0.15) is 11.2 Å². The maximum Gasteiger partial charge on any atom is 0.328 e. The molecule has 9 aromatic rings. The van der Waals surface area contributed by atoms with E-state index in [9.17, 15) is 4.79 Å². The van der Waals surface area contributed by atoms with Gasteiger partial charge in [0, 0.05) is 41.6 Å². The highest BCUT2D eigenvalue weighted by Gasteiger charge is 2.15. The lowest BCUT2D eigenvalue weighted by atomic mass is 10.0. The Hall–Kier alpha value is -6.27. The summed E-state index contributed by atoms with van der Waals surface area (Å²) in [6.07, 6.45) is 0. The summed E-state index contributed by atoms with van der Waals surface area (Å²) in [4.78, 5) is 22.6. The minimum atomic E-state index is -0.0325. The van der Waals surface area contributed by atoms with Crippen molar-refractivity contribution in [1.29, 1.82) is 0 Å². The van der Waals surface area contributed by atoms with Gasteiger partial charge in [-0.25, -0.2) is 14.8 Å². The van der Waals surface area contributed by atoms with Gasteiger partial charge in [-0.05, 0) is 70.4 Å². The first kappa shape index (κ1) is 27.1. The van der Waals surface area contributed by atoms with Crippen LogP contribution in [0.15, 0.2) is 143 Å². The molecular weight excluding hydrogens is 580 g/mol. The summed E-state index contributed by atoms with van der Waals surface area (Å²) in [5, 5.41) is 4.48. The average molecular weight is 609 g/mol. The fourth-order valence-corrected chi connectivity index (χ4v) is 6.60. The van der Waals surface area contributed by atoms with E-state index in [2.05, 4.69) is 84.9 Å². The molecule has 6 heteroatoms. The van der Waals surface area contributed by atoms with Crippen molar-refractivity contribution in [2.24, 2.45) is 14.1 Å². The summed E-state index contributed by atoms with van der Waals surface area (Å²) in [6.45, 7) is 0. The number of aromatic nitrogens is 4. The van der Waals surface area contributed by atoms with E-state index in [0.717, 1.165) is 77.6 Å². The van der Waals surface area contributed by atoms with Crippen LogP contribution in [-0.4, -0.2) is 19.1 Å². The van der Waals surface area contributed by atoms with E-state index in [1.54, 1.807) is 16.2 Å². The number of hydrogen-bond donors (Lipinski definition) is 0. The predicted molar refractivity (Wildman–Crippen MR) is 190 cm³/mol. The third-order valence-electron chi connectivity index (χ3n) is 9.18. The maximum absolute atomic E-state index is 12.5. The minimum absolute atomic E-state index is 0.0325. The standard InChI is InChI=1S/C41H28N4O2/c1-44-36-18-16-30(22-37(36)45(2)41(44)46)25-12-14-26(15-13-25)34-24-35(43-40(42-34)27-8-4-3-5-9-27)31-17-19-38-32(21-31)33-20-28-10-6-7-11-29(28)23-39(33)47-38/h3-24H,1-2H3. The van der Waals surface area contributed by atoms with Crippen LogP contribution in [0.2, 0.25) is 0 Å². The topological polar surface area (TPSA) is 65.8 Å². The van der Waals surface area contributed by atoms with E-state index in [4.69, 9.17) is 14.4 Å². The first-order valence-corrected chi connectivity index (χ1v) is 15.6. The predicted octanol–water partition coefficient (Wildman–Crippen LogP) is 9.39. The van der Waals surface area contributed by atoms with Crippen molar-refractivity contribution in [3.05, 3.63) is 144 Å². The van der Waals surface area contributed by atoms with E-state index < -0.39 is 0 Å². The molecule has 0 saturated carbocycles. The molecular formula is C41H28N4O2. The molecule has 0 spiro atoms. The molecule has 9 rings (SSSR count). The Balaban J connectivity index is 1.16. The van der Waals surface area contributed by atoms with Crippen LogP contribution in [0.4, 0.5) is 0 Å². The van der Waals surface area contributed by atoms with Crippen LogP contribution in [0.1, 0.15) is 0 Å². The molecule has 0 saturated heterocycles. The van der Waals surface area contributed by atoms with E-state index >= 15 is 0 Å². The molecule has 0 atom stereocenters. The Morgan fingerprint density at radius 3 is 1.89 bits per heavy atom. The first-order valence-electron chi connectivity index (χ1n) is 15.6. The summed E-state index contributed by atoms with van der Waals surface area (Å²) in [5.74, 6) is 0.667. The van der Waals surface area contributed by atoms with Gasteiger partial charge in [-0.15, -0.1) is 0 Å². The molecule has 6 aromatic carbocycles. The number of nitrogens with zero attached hydrogens (tertiary/aromatic N) is 4. The zero-order valence-electron chi connectivity index (χ0n) is 25.8. The minimum Gasteiger partial charge on any atom is -0.456 e. The Labute approximate surface area is 269 Å². The normalized spacial score (nSPS) is 11.7. The van der Waals surface area contributed by atoms with E-state index in [-0.39, 0.29) is 5.69 Å². The Bertz CT molecular complexity index is 2720. The first-order chi connectivity index (χ1) is 23.0.